The Balaban J connectivity index is 1.73. The van der Waals surface area contributed by atoms with Crippen LogP contribution in [0.1, 0.15) is 24.5 Å². The van der Waals surface area contributed by atoms with Crippen molar-refractivity contribution in [2.45, 2.75) is 33.3 Å². The number of para-hydroxylation sites is 1. The number of aryl methyl sites for hydroxylation is 2. The van der Waals surface area contributed by atoms with Crippen molar-refractivity contribution in [2.24, 2.45) is 0 Å². The topological polar surface area (TPSA) is 41.6 Å². The molecule has 1 atom stereocenters. The summed E-state index contributed by atoms with van der Waals surface area (Å²) >= 11 is 0. The average molecular weight is 340 g/mol. The standard InChI is InChI=1S/C21H28N2O2/c1-16-11-12-17(2)20(15-16)25-18(3)21(24)22-13-8-14-23(4)19-9-6-5-7-10-19/h5-7,9-12,15,18H,8,13-14H2,1-4H3,(H,22,24)/t18-/m1/s1. The molecule has 2 aromatic carbocycles. The number of amides is 1. The van der Waals surface area contributed by atoms with Crippen molar-refractivity contribution in [3.8, 4) is 5.75 Å². The number of hydrogen-bond acceptors (Lipinski definition) is 3. The second-order valence-electron chi connectivity index (χ2n) is 6.43. The fourth-order valence-corrected chi connectivity index (χ4v) is 2.56. The smallest absolute Gasteiger partial charge is 0.260 e. The molecular weight excluding hydrogens is 312 g/mol. The molecule has 0 radical (unpaired) electrons. The fourth-order valence-electron chi connectivity index (χ4n) is 2.56. The van der Waals surface area contributed by atoms with Crippen molar-refractivity contribution < 1.29 is 9.53 Å². The molecule has 0 heterocycles. The number of rotatable bonds is 8. The van der Waals surface area contributed by atoms with E-state index in [1.54, 1.807) is 6.92 Å². The van der Waals surface area contributed by atoms with Crippen LogP contribution >= 0.6 is 0 Å². The molecule has 0 bridgehead atoms. The number of carbonyl (C=O) groups is 1. The molecule has 4 nitrogen and oxygen atoms in total. The molecular formula is C21H28N2O2. The van der Waals surface area contributed by atoms with Crippen LogP contribution in [0.25, 0.3) is 0 Å². The molecule has 25 heavy (non-hydrogen) atoms. The van der Waals surface area contributed by atoms with E-state index in [0.717, 1.165) is 29.8 Å². The molecule has 1 amide bonds. The maximum atomic E-state index is 12.2. The lowest BCUT2D eigenvalue weighted by molar-refractivity contribution is -0.127. The molecule has 0 spiro atoms. The molecule has 0 aromatic heterocycles. The quantitative estimate of drug-likeness (QED) is 0.745. The average Bonchev–Trinajstić information content (AvgIpc) is 2.62. The van der Waals surface area contributed by atoms with Gasteiger partial charge in [-0.1, -0.05) is 30.3 Å². The Morgan fingerprint density at radius 1 is 1.16 bits per heavy atom. The minimum absolute atomic E-state index is 0.0803. The van der Waals surface area contributed by atoms with Gasteiger partial charge in [-0.2, -0.15) is 0 Å². The van der Waals surface area contributed by atoms with Crippen LogP contribution in [0.15, 0.2) is 48.5 Å². The number of nitrogens with zero attached hydrogens (tertiary/aromatic N) is 1. The van der Waals surface area contributed by atoms with Gasteiger partial charge in [0.25, 0.3) is 5.91 Å². The monoisotopic (exact) mass is 340 g/mol. The summed E-state index contributed by atoms with van der Waals surface area (Å²) in [7, 11) is 2.06. The zero-order valence-electron chi connectivity index (χ0n) is 15.6. The number of hydrogen-bond donors (Lipinski definition) is 1. The van der Waals surface area contributed by atoms with Gasteiger partial charge in [-0.25, -0.2) is 0 Å². The fraction of sp³-hybridized carbons (Fsp3) is 0.381. The summed E-state index contributed by atoms with van der Waals surface area (Å²) in [6, 6.07) is 16.2. The van der Waals surface area contributed by atoms with Gasteiger partial charge < -0.3 is 15.0 Å². The molecule has 1 N–H and O–H groups in total. The van der Waals surface area contributed by atoms with Crippen LogP contribution in [0.2, 0.25) is 0 Å². The van der Waals surface area contributed by atoms with Crippen LogP contribution < -0.4 is 15.0 Å². The van der Waals surface area contributed by atoms with Crippen LogP contribution in [0.5, 0.6) is 5.75 Å². The van der Waals surface area contributed by atoms with Gasteiger partial charge in [-0.15, -0.1) is 0 Å². The molecule has 0 saturated carbocycles. The highest BCUT2D eigenvalue weighted by atomic mass is 16.5. The first-order valence-electron chi connectivity index (χ1n) is 8.75. The third-order valence-corrected chi connectivity index (χ3v) is 4.18. The van der Waals surface area contributed by atoms with Crippen molar-refractivity contribution in [1.82, 2.24) is 5.32 Å². The van der Waals surface area contributed by atoms with E-state index in [9.17, 15) is 4.79 Å². The summed E-state index contributed by atoms with van der Waals surface area (Å²) < 4.78 is 5.81. The first kappa shape index (κ1) is 18.8. The summed E-state index contributed by atoms with van der Waals surface area (Å²) in [6.07, 6.45) is 0.375. The van der Waals surface area contributed by atoms with Gasteiger partial charge in [0.05, 0.1) is 0 Å². The molecule has 134 valence electrons. The van der Waals surface area contributed by atoms with Crippen LogP contribution in [-0.4, -0.2) is 32.1 Å². The van der Waals surface area contributed by atoms with E-state index in [4.69, 9.17) is 4.74 Å². The molecule has 0 saturated heterocycles. The molecule has 0 unspecified atom stereocenters. The van der Waals surface area contributed by atoms with E-state index >= 15 is 0 Å². The van der Waals surface area contributed by atoms with E-state index in [-0.39, 0.29) is 5.91 Å². The molecule has 0 aliphatic carbocycles. The van der Waals surface area contributed by atoms with Gasteiger partial charge in [0.2, 0.25) is 0 Å². The molecule has 0 aliphatic rings. The Morgan fingerprint density at radius 3 is 2.60 bits per heavy atom. The third-order valence-electron chi connectivity index (χ3n) is 4.18. The maximum absolute atomic E-state index is 12.2. The first-order chi connectivity index (χ1) is 12.0. The second kappa shape index (κ2) is 9.11. The predicted molar refractivity (Wildman–Crippen MR) is 103 cm³/mol. The molecule has 0 fully saturated rings. The van der Waals surface area contributed by atoms with Gasteiger partial charge >= 0.3 is 0 Å². The lowest BCUT2D eigenvalue weighted by Crippen LogP contribution is -2.37. The van der Waals surface area contributed by atoms with Crippen molar-refractivity contribution >= 4 is 11.6 Å². The Labute approximate surface area is 150 Å². The van der Waals surface area contributed by atoms with E-state index < -0.39 is 6.10 Å². The van der Waals surface area contributed by atoms with Crippen molar-refractivity contribution in [3.05, 3.63) is 59.7 Å². The number of carbonyl (C=O) groups excluding carboxylic acids is 1. The predicted octanol–water partition coefficient (Wildman–Crippen LogP) is 3.71. The highest BCUT2D eigenvalue weighted by Crippen LogP contribution is 2.20. The summed E-state index contributed by atoms with van der Waals surface area (Å²) in [5.74, 6) is 0.690. The molecule has 2 rings (SSSR count). The summed E-state index contributed by atoms with van der Waals surface area (Å²) in [4.78, 5) is 14.4. The molecule has 2 aromatic rings. The van der Waals surface area contributed by atoms with E-state index in [1.165, 1.54) is 5.69 Å². The van der Waals surface area contributed by atoms with Crippen LogP contribution in [0, 0.1) is 13.8 Å². The zero-order valence-corrected chi connectivity index (χ0v) is 15.6. The second-order valence-corrected chi connectivity index (χ2v) is 6.43. The number of nitrogens with one attached hydrogen (secondary N) is 1. The lowest BCUT2D eigenvalue weighted by Gasteiger charge is -2.20. The highest BCUT2D eigenvalue weighted by Gasteiger charge is 2.15. The SMILES string of the molecule is Cc1ccc(C)c(O[C@H](C)C(=O)NCCCN(C)c2ccccc2)c1. The Morgan fingerprint density at radius 2 is 1.88 bits per heavy atom. The Hall–Kier alpha value is -2.49. The summed E-state index contributed by atoms with van der Waals surface area (Å²) in [6.45, 7) is 7.30. The van der Waals surface area contributed by atoms with Gasteiger partial charge in [0.15, 0.2) is 6.10 Å². The van der Waals surface area contributed by atoms with E-state index in [0.29, 0.717) is 6.54 Å². The Kier molecular flexibility index (Phi) is 6.87. The zero-order chi connectivity index (χ0) is 18.2. The summed E-state index contributed by atoms with van der Waals surface area (Å²) in [5, 5.41) is 2.95. The third kappa shape index (κ3) is 5.82. The molecule has 0 aliphatic heterocycles. The van der Waals surface area contributed by atoms with Gasteiger partial charge in [0, 0.05) is 25.8 Å². The van der Waals surface area contributed by atoms with Gasteiger partial charge in [-0.3, -0.25) is 4.79 Å². The summed E-state index contributed by atoms with van der Waals surface area (Å²) in [5.41, 5.74) is 3.34. The Bertz CT molecular complexity index is 686. The van der Waals surface area contributed by atoms with Crippen LogP contribution in [0.3, 0.4) is 0 Å². The van der Waals surface area contributed by atoms with Crippen molar-refractivity contribution in [3.63, 3.8) is 0 Å². The van der Waals surface area contributed by atoms with Crippen LogP contribution in [-0.2, 0) is 4.79 Å². The largest absolute Gasteiger partial charge is 0.481 e. The van der Waals surface area contributed by atoms with Gasteiger partial charge in [-0.05, 0) is 56.5 Å². The molecule has 4 heteroatoms. The normalized spacial score (nSPS) is 11.7. The van der Waals surface area contributed by atoms with E-state index in [2.05, 4.69) is 29.4 Å². The maximum Gasteiger partial charge on any atom is 0.260 e. The van der Waals surface area contributed by atoms with Crippen molar-refractivity contribution in [1.29, 1.82) is 0 Å². The lowest BCUT2D eigenvalue weighted by atomic mass is 10.1. The van der Waals surface area contributed by atoms with Crippen molar-refractivity contribution in [2.75, 3.05) is 25.0 Å². The first-order valence-corrected chi connectivity index (χ1v) is 8.75. The minimum atomic E-state index is -0.507. The number of benzene rings is 2. The van der Waals surface area contributed by atoms with E-state index in [1.807, 2.05) is 50.2 Å². The number of ether oxygens (including phenoxy) is 1. The minimum Gasteiger partial charge on any atom is -0.481 e. The van der Waals surface area contributed by atoms with Crippen LogP contribution in [0.4, 0.5) is 5.69 Å². The number of anilines is 1. The highest BCUT2D eigenvalue weighted by molar-refractivity contribution is 5.80. The van der Waals surface area contributed by atoms with Gasteiger partial charge in [0.1, 0.15) is 5.75 Å².